The summed E-state index contributed by atoms with van der Waals surface area (Å²) in [4.78, 5) is 19.3. The lowest BCUT2D eigenvalue weighted by Crippen LogP contribution is -2.10. The molecule has 0 aromatic rings. The van der Waals surface area contributed by atoms with Gasteiger partial charge in [-0.15, -0.1) is 0 Å². The van der Waals surface area contributed by atoms with E-state index < -0.39 is 18.0 Å². The lowest BCUT2D eigenvalue weighted by atomic mass is 10.0. The van der Waals surface area contributed by atoms with Crippen LogP contribution in [-0.2, 0) is 9.59 Å². The Labute approximate surface area is 187 Å². The average Bonchev–Trinajstić information content (AvgIpc) is 2.70. The second kappa shape index (κ2) is 39.2. The van der Waals surface area contributed by atoms with Crippen molar-refractivity contribution in [1.82, 2.24) is 0 Å². The van der Waals surface area contributed by atoms with Crippen molar-refractivity contribution in [2.75, 3.05) is 33.0 Å². The molecule has 0 fully saturated rings. The maximum atomic E-state index is 10.1. The van der Waals surface area contributed by atoms with E-state index in [1.807, 2.05) is 6.92 Å². The highest BCUT2D eigenvalue weighted by molar-refractivity contribution is 5.68. The third-order valence-corrected chi connectivity index (χ3v) is 3.00. The molecule has 1 atom stereocenters. The van der Waals surface area contributed by atoms with E-state index in [1.54, 1.807) is 6.92 Å². The molecule has 1 unspecified atom stereocenters. The van der Waals surface area contributed by atoms with Crippen molar-refractivity contribution in [3.8, 4) is 0 Å². The van der Waals surface area contributed by atoms with E-state index in [9.17, 15) is 9.59 Å². The van der Waals surface area contributed by atoms with Crippen LogP contribution in [0.3, 0.4) is 0 Å². The van der Waals surface area contributed by atoms with E-state index in [1.165, 1.54) is 12.8 Å². The fourth-order valence-corrected chi connectivity index (χ4v) is 1.50. The Hall–Kier alpha value is -1.30. The highest BCUT2D eigenvalue weighted by Gasteiger charge is 1.97. The monoisotopic (exact) mass is 459 g/mol. The molecule has 192 valence electrons. The SMILES string of the molecule is CC(C)CCCCCC(=O)O.CCCC(O)CO.CCO.NCC(=O)O.OCCCO. The lowest BCUT2D eigenvalue weighted by Gasteiger charge is -2.02. The topological polar surface area (TPSA) is 202 Å². The van der Waals surface area contributed by atoms with Crippen LogP contribution in [-0.4, -0.2) is 86.8 Å². The Morgan fingerprint density at radius 2 is 1.26 bits per heavy atom. The van der Waals surface area contributed by atoms with Gasteiger partial charge in [0.05, 0.1) is 19.3 Å². The van der Waals surface area contributed by atoms with E-state index in [0.717, 1.165) is 25.2 Å². The molecule has 10 nitrogen and oxygen atoms in total. The van der Waals surface area contributed by atoms with E-state index in [2.05, 4.69) is 19.6 Å². The summed E-state index contributed by atoms with van der Waals surface area (Å²) in [5, 5.41) is 56.1. The fourth-order valence-electron chi connectivity index (χ4n) is 1.50. The number of hydrogen-bond acceptors (Lipinski definition) is 8. The zero-order chi connectivity index (χ0) is 25.5. The van der Waals surface area contributed by atoms with Crippen molar-refractivity contribution in [2.24, 2.45) is 11.7 Å². The van der Waals surface area contributed by atoms with Gasteiger partial charge < -0.3 is 41.5 Å². The molecule has 0 spiro atoms. The van der Waals surface area contributed by atoms with Gasteiger partial charge in [0.25, 0.3) is 0 Å². The van der Waals surface area contributed by atoms with Crippen LogP contribution in [0.15, 0.2) is 0 Å². The fraction of sp³-hybridized carbons (Fsp3) is 0.905. The summed E-state index contributed by atoms with van der Waals surface area (Å²) in [5.41, 5.74) is 4.57. The number of nitrogens with two attached hydrogens (primary N) is 1. The molecule has 9 N–H and O–H groups in total. The van der Waals surface area contributed by atoms with Gasteiger partial charge in [-0.3, -0.25) is 9.59 Å². The van der Waals surface area contributed by atoms with Crippen molar-refractivity contribution in [3.05, 3.63) is 0 Å². The number of aliphatic hydroxyl groups excluding tert-OH is 5. The Morgan fingerprint density at radius 3 is 1.45 bits per heavy atom. The van der Waals surface area contributed by atoms with Gasteiger partial charge in [-0.2, -0.15) is 0 Å². The van der Waals surface area contributed by atoms with Crippen LogP contribution in [0.5, 0.6) is 0 Å². The molecular weight excluding hydrogens is 410 g/mol. The largest absolute Gasteiger partial charge is 0.481 e. The number of carbonyl (C=O) groups is 2. The minimum absolute atomic E-state index is 0.0938. The molecule has 10 heteroatoms. The maximum Gasteiger partial charge on any atom is 0.317 e. The highest BCUT2D eigenvalue weighted by atomic mass is 16.4. The number of carboxylic acids is 2. The first kappa shape index (κ1) is 40.1. The van der Waals surface area contributed by atoms with Gasteiger partial charge in [0.1, 0.15) is 0 Å². The number of unbranched alkanes of at least 4 members (excludes halogenated alkanes) is 2. The number of hydrogen-bond donors (Lipinski definition) is 8. The summed E-state index contributed by atoms with van der Waals surface area (Å²) in [7, 11) is 0. The second-order valence-corrected chi connectivity index (χ2v) is 6.73. The second-order valence-electron chi connectivity index (χ2n) is 6.73. The summed E-state index contributed by atoms with van der Waals surface area (Å²) < 4.78 is 0. The average molecular weight is 460 g/mol. The Morgan fingerprint density at radius 1 is 0.806 bits per heavy atom. The molecule has 0 amide bonds. The quantitative estimate of drug-likeness (QED) is 0.196. The molecule has 0 rings (SSSR count). The zero-order valence-electron chi connectivity index (χ0n) is 19.9. The van der Waals surface area contributed by atoms with Crippen molar-refractivity contribution in [2.45, 2.75) is 85.2 Å². The summed E-state index contributed by atoms with van der Waals surface area (Å²) in [6, 6.07) is 0. The van der Waals surface area contributed by atoms with E-state index in [0.29, 0.717) is 19.3 Å². The van der Waals surface area contributed by atoms with Crippen LogP contribution in [0.25, 0.3) is 0 Å². The van der Waals surface area contributed by atoms with Crippen LogP contribution in [0.4, 0.5) is 0 Å². The Bertz CT molecular complexity index is 328. The minimum atomic E-state index is -0.968. The van der Waals surface area contributed by atoms with Gasteiger partial charge >= 0.3 is 11.9 Å². The summed E-state index contributed by atoms with van der Waals surface area (Å²) >= 11 is 0. The first-order valence-corrected chi connectivity index (χ1v) is 10.8. The smallest absolute Gasteiger partial charge is 0.317 e. The van der Waals surface area contributed by atoms with Crippen LogP contribution in [0.2, 0.25) is 0 Å². The number of aliphatic hydroxyl groups is 5. The standard InChI is InChI=1S/C9H18O2.C5H12O2.C3H8O2.C2H5NO2.C2H6O/c1-8(2)6-4-3-5-7-9(10)11;1-2-3-5(7)4-6;4-2-1-3-5;3-1-2(4)5;1-2-3/h8H,3-7H2,1-2H3,(H,10,11);5-7H,2-4H2,1H3;4-5H,1-3H2;1,3H2,(H,4,5);3H,2H2,1H3. The molecule has 0 heterocycles. The van der Waals surface area contributed by atoms with Gasteiger partial charge in [0.2, 0.25) is 0 Å². The first-order valence-electron chi connectivity index (χ1n) is 10.8. The van der Waals surface area contributed by atoms with Crippen molar-refractivity contribution in [3.63, 3.8) is 0 Å². The van der Waals surface area contributed by atoms with Gasteiger partial charge in [-0.1, -0.05) is 46.5 Å². The molecule has 0 aliphatic carbocycles. The Balaban J connectivity index is -0.0000000979. The zero-order valence-corrected chi connectivity index (χ0v) is 19.9. The van der Waals surface area contributed by atoms with Crippen LogP contribution >= 0.6 is 0 Å². The molecular formula is C21H49NO9. The molecule has 0 aliphatic rings. The molecule has 0 aliphatic heterocycles. The molecule has 0 aromatic carbocycles. The lowest BCUT2D eigenvalue weighted by molar-refractivity contribution is -0.137. The van der Waals surface area contributed by atoms with E-state index in [4.69, 9.17) is 35.7 Å². The van der Waals surface area contributed by atoms with Crippen molar-refractivity contribution < 1.29 is 45.3 Å². The highest BCUT2D eigenvalue weighted by Crippen LogP contribution is 2.08. The minimum Gasteiger partial charge on any atom is -0.481 e. The molecule has 0 saturated carbocycles. The molecule has 0 saturated heterocycles. The van der Waals surface area contributed by atoms with Gasteiger partial charge in [0.15, 0.2) is 0 Å². The number of rotatable bonds is 12. The van der Waals surface area contributed by atoms with Crippen LogP contribution in [0.1, 0.15) is 79.1 Å². The van der Waals surface area contributed by atoms with E-state index in [-0.39, 0.29) is 33.0 Å². The number of carboxylic acid groups (broad SMARTS) is 2. The predicted octanol–water partition coefficient (Wildman–Crippen LogP) is 1.21. The van der Waals surface area contributed by atoms with Crippen molar-refractivity contribution >= 4 is 11.9 Å². The van der Waals surface area contributed by atoms with Crippen molar-refractivity contribution in [1.29, 1.82) is 0 Å². The number of aliphatic carboxylic acids is 2. The first-order chi connectivity index (χ1) is 14.5. The molecule has 0 radical (unpaired) electrons. The normalized spacial score (nSPS) is 10.0. The van der Waals surface area contributed by atoms with Gasteiger partial charge in [-0.05, 0) is 32.1 Å². The molecule has 0 aromatic heterocycles. The molecule has 0 bridgehead atoms. The van der Waals surface area contributed by atoms with Gasteiger partial charge in [-0.25, -0.2) is 0 Å². The van der Waals surface area contributed by atoms with Crippen LogP contribution in [0, 0.1) is 5.92 Å². The van der Waals surface area contributed by atoms with Crippen LogP contribution < -0.4 is 5.73 Å². The third-order valence-electron chi connectivity index (χ3n) is 3.00. The van der Waals surface area contributed by atoms with E-state index >= 15 is 0 Å². The molecule has 31 heavy (non-hydrogen) atoms. The summed E-state index contributed by atoms with van der Waals surface area (Å²) in [5.74, 6) is -0.889. The maximum absolute atomic E-state index is 10.1. The summed E-state index contributed by atoms with van der Waals surface area (Å²) in [6.07, 6.45) is 6.26. The van der Waals surface area contributed by atoms with Gasteiger partial charge in [0, 0.05) is 26.2 Å². The third kappa shape index (κ3) is 83.0. The summed E-state index contributed by atoms with van der Waals surface area (Å²) in [6.45, 7) is 8.09. The Kier molecular flexibility index (Phi) is 50.7. The predicted molar refractivity (Wildman–Crippen MR) is 122 cm³/mol.